The third kappa shape index (κ3) is 2.88. The topological polar surface area (TPSA) is 61.2 Å². The Balaban J connectivity index is 2.70. The Morgan fingerprint density at radius 3 is 2.36 bits per heavy atom. The number of ether oxygens (including phenoxy) is 1. The van der Waals surface area contributed by atoms with E-state index in [-0.39, 0.29) is 4.90 Å². The normalized spacial score (nSPS) is 11.7. The number of aryl methyl sites for hydroxylation is 4. The molecule has 0 radical (unpaired) electrons. The van der Waals surface area contributed by atoms with Crippen molar-refractivity contribution in [2.45, 2.75) is 45.9 Å². The molecule has 1 aromatic carbocycles. The summed E-state index contributed by atoms with van der Waals surface area (Å²) in [6.07, 6.45) is 2.10. The minimum atomic E-state index is -3.72. The number of benzene rings is 1. The molecule has 120 valence electrons. The molecule has 0 atom stereocenters. The van der Waals surface area contributed by atoms with Crippen LogP contribution >= 0.6 is 0 Å². The molecule has 1 heterocycles. The standard InChI is InChI=1S/C16H22N2O3S/c1-6-16-17-13(5)10-18(16)22(19,20)15-9-12(4)11(3)8-14(15)21-7-2/h8-10H,6-7H2,1-5H3. The molecule has 0 saturated carbocycles. The van der Waals surface area contributed by atoms with Crippen LogP contribution in [0.1, 0.15) is 36.5 Å². The Labute approximate surface area is 132 Å². The lowest BCUT2D eigenvalue weighted by Gasteiger charge is -2.15. The Morgan fingerprint density at radius 2 is 1.77 bits per heavy atom. The summed E-state index contributed by atoms with van der Waals surface area (Å²) in [5, 5.41) is 0. The fourth-order valence-corrected chi connectivity index (χ4v) is 3.96. The average Bonchev–Trinajstić information content (AvgIpc) is 2.84. The summed E-state index contributed by atoms with van der Waals surface area (Å²) in [5.74, 6) is 0.914. The third-order valence-corrected chi connectivity index (χ3v) is 5.29. The molecule has 0 aliphatic rings. The van der Waals surface area contributed by atoms with Gasteiger partial charge >= 0.3 is 0 Å². The Kier molecular flexibility index (Phi) is 4.60. The van der Waals surface area contributed by atoms with Crippen LogP contribution in [0.5, 0.6) is 5.75 Å². The van der Waals surface area contributed by atoms with Gasteiger partial charge in [-0.2, -0.15) is 0 Å². The maximum Gasteiger partial charge on any atom is 0.272 e. The predicted octanol–water partition coefficient (Wildman–Crippen LogP) is 3.01. The summed E-state index contributed by atoms with van der Waals surface area (Å²) in [4.78, 5) is 4.46. The van der Waals surface area contributed by atoms with Crippen molar-refractivity contribution in [2.75, 3.05) is 6.61 Å². The van der Waals surface area contributed by atoms with Crippen molar-refractivity contribution in [1.82, 2.24) is 8.96 Å². The van der Waals surface area contributed by atoms with Gasteiger partial charge in [-0.1, -0.05) is 6.92 Å². The van der Waals surface area contributed by atoms with Crippen LogP contribution in [-0.2, 0) is 16.4 Å². The van der Waals surface area contributed by atoms with E-state index in [1.165, 1.54) is 3.97 Å². The van der Waals surface area contributed by atoms with Crippen molar-refractivity contribution >= 4 is 10.0 Å². The van der Waals surface area contributed by atoms with Gasteiger partial charge in [-0.3, -0.25) is 0 Å². The van der Waals surface area contributed by atoms with Crippen molar-refractivity contribution in [2.24, 2.45) is 0 Å². The summed E-state index contributed by atoms with van der Waals surface area (Å²) in [6, 6.07) is 3.45. The van der Waals surface area contributed by atoms with Crippen LogP contribution in [0, 0.1) is 20.8 Å². The van der Waals surface area contributed by atoms with E-state index < -0.39 is 10.0 Å². The number of hydrogen-bond acceptors (Lipinski definition) is 4. The second-order valence-electron chi connectivity index (χ2n) is 5.27. The van der Waals surface area contributed by atoms with Gasteiger partial charge in [0.05, 0.1) is 12.3 Å². The first-order chi connectivity index (χ1) is 10.3. The number of aromatic nitrogens is 2. The average molecular weight is 322 g/mol. The first-order valence-electron chi connectivity index (χ1n) is 7.35. The Hall–Kier alpha value is -1.82. The maximum atomic E-state index is 13.0. The van der Waals surface area contributed by atoms with Gasteiger partial charge in [-0.05, 0) is 51.0 Å². The lowest BCUT2D eigenvalue weighted by atomic mass is 10.1. The van der Waals surface area contributed by atoms with E-state index in [0.29, 0.717) is 30.3 Å². The molecule has 0 bridgehead atoms. The Morgan fingerprint density at radius 1 is 1.14 bits per heavy atom. The highest BCUT2D eigenvalue weighted by Gasteiger charge is 2.25. The van der Waals surface area contributed by atoms with E-state index in [4.69, 9.17) is 4.74 Å². The summed E-state index contributed by atoms with van der Waals surface area (Å²) in [5.41, 5.74) is 2.60. The molecule has 5 nitrogen and oxygen atoms in total. The van der Waals surface area contributed by atoms with Crippen molar-refractivity contribution in [1.29, 1.82) is 0 Å². The predicted molar refractivity (Wildman–Crippen MR) is 86.0 cm³/mol. The molecule has 2 aromatic rings. The molecular formula is C16H22N2O3S. The maximum absolute atomic E-state index is 13.0. The van der Waals surface area contributed by atoms with Gasteiger partial charge < -0.3 is 4.74 Å². The largest absolute Gasteiger partial charge is 0.492 e. The second kappa shape index (κ2) is 6.12. The lowest BCUT2D eigenvalue weighted by Crippen LogP contribution is -2.16. The van der Waals surface area contributed by atoms with E-state index >= 15 is 0 Å². The number of imidazole rings is 1. The monoisotopic (exact) mass is 322 g/mol. The number of rotatable bonds is 5. The van der Waals surface area contributed by atoms with Gasteiger partial charge in [0.2, 0.25) is 0 Å². The molecule has 0 saturated heterocycles. The van der Waals surface area contributed by atoms with Crippen molar-refractivity contribution < 1.29 is 13.2 Å². The van der Waals surface area contributed by atoms with Gasteiger partial charge in [-0.15, -0.1) is 0 Å². The van der Waals surface area contributed by atoms with Crippen LogP contribution in [0.3, 0.4) is 0 Å². The first kappa shape index (κ1) is 16.5. The van der Waals surface area contributed by atoms with E-state index in [0.717, 1.165) is 11.1 Å². The lowest BCUT2D eigenvalue weighted by molar-refractivity contribution is 0.330. The van der Waals surface area contributed by atoms with Crippen LogP contribution in [0.25, 0.3) is 0 Å². The molecule has 0 unspecified atom stereocenters. The van der Waals surface area contributed by atoms with E-state index in [1.54, 1.807) is 25.3 Å². The molecule has 2 rings (SSSR count). The molecular weight excluding hydrogens is 300 g/mol. The zero-order valence-corrected chi connectivity index (χ0v) is 14.5. The van der Waals surface area contributed by atoms with Gasteiger partial charge in [0.1, 0.15) is 16.5 Å². The molecule has 0 aliphatic carbocycles. The zero-order chi connectivity index (χ0) is 16.5. The quantitative estimate of drug-likeness (QED) is 0.849. The van der Waals surface area contributed by atoms with Crippen LogP contribution in [-0.4, -0.2) is 24.0 Å². The molecule has 0 aliphatic heterocycles. The summed E-state index contributed by atoms with van der Waals surface area (Å²) >= 11 is 0. The highest BCUT2D eigenvalue weighted by atomic mass is 32.2. The van der Waals surface area contributed by atoms with E-state index in [9.17, 15) is 8.42 Å². The molecule has 0 fully saturated rings. The van der Waals surface area contributed by atoms with Gasteiger partial charge in [0.25, 0.3) is 10.0 Å². The fourth-order valence-electron chi connectivity index (χ4n) is 2.31. The van der Waals surface area contributed by atoms with E-state index in [2.05, 4.69) is 4.98 Å². The fraction of sp³-hybridized carbons (Fsp3) is 0.438. The summed E-state index contributed by atoms with van der Waals surface area (Å²) < 4.78 is 32.9. The Bertz CT molecular complexity index is 792. The highest BCUT2D eigenvalue weighted by Crippen LogP contribution is 2.30. The van der Waals surface area contributed by atoms with Crippen molar-refractivity contribution in [3.05, 3.63) is 41.0 Å². The minimum Gasteiger partial charge on any atom is -0.492 e. The molecule has 6 heteroatoms. The van der Waals surface area contributed by atoms with Crippen LogP contribution in [0.2, 0.25) is 0 Å². The molecule has 0 N–H and O–H groups in total. The van der Waals surface area contributed by atoms with Crippen molar-refractivity contribution in [3.8, 4) is 5.75 Å². The van der Waals surface area contributed by atoms with Crippen LogP contribution < -0.4 is 4.74 Å². The van der Waals surface area contributed by atoms with Crippen LogP contribution in [0.15, 0.2) is 23.2 Å². The third-order valence-electron chi connectivity index (χ3n) is 3.58. The van der Waals surface area contributed by atoms with Gasteiger partial charge in [-0.25, -0.2) is 17.4 Å². The number of nitrogens with zero attached hydrogens (tertiary/aromatic N) is 2. The van der Waals surface area contributed by atoms with E-state index in [1.807, 2.05) is 27.7 Å². The highest BCUT2D eigenvalue weighted by molar-refractivity contribution is 7.90. The summed E-state index contributed by atoms with van der Waals surface area (Å²) in [7, 11) is -3.72. The van der Waals surface area contributed by atoms with Crippen LogP contribution in [0.4, 0.5) is 0 Å². The SMILES string of the molecule is CCOc1cc(C)c(C)cc1S(=O)(=O)n1cc(C)nc1CC. The first-order valence-corrected chi connectivity index (χ1v) is 8.79. The molecule has 0 amide bonds. The molecule has 1 aromatic heterocycles. The number of hydrogen-bond donors (Lipinski definition) is 0. The summed E-state index contributed by atoms with van der Waals surface area (Å²) in [6.45, 7) is 9.75. The second-order valence-corrected chi connectivity index (χ2v) is 7.05. The van der Waals surface area contributed by atoms with Gasteiger partial charge in [0, 0.05) is 12.6 Å². The zero-order valence-electron chi connectivity index (χ0n) is 13.7. The van der Waals surface area contributed by atoms with Crippen molar-refractivity contribution in [3.63, 3.8) is 0 Å². The molecule has 0 spiro atoms. The minimum absolute atomic E-state index is 0.185. The van der Waals surface area contributed by atoms with Gasteiger partial charge in [0.15, 0.2) is 0 Å². The molecule has 22 heavy (non-hydrogen) atoms. The smallest absolute Gasteiger partial charge is 0.272 e.